The molecule has 3 nitrogen and oxygen atoms in total. The molecular weight excluding hydrogens is 164 g/mol. The Kier molecular flexibility index (Phi) is 3.25. The molecule has 0 bridgehead atoms. The van der Waals surface area contributed by atoms with Crippen LogP contribution in [0.15, 0.2) is 0 Å². The highest BCUT2D eigenvalue weighted by atomic mass is 16.3. The van der Waals surface area contributed by atoms with Crippen molar-refractivity contribution in [1.29, 1.82) is 0 Å². The SMILES string of the molecule is C=c1nc(CO)n(CCCC)c1=C. The molecule has 0 saturated carbocycles. The third kappa shape index (κ3) is 1.98. The second kappa shape index (κ2) is 4.23. The number of unbranched alkanes of at least 4 members (excludes halogenated alkanes) is 1. The predicted molar refractivity (Wildman–Crippen MR) is 53.4 cm³/mol. The number of nitrogens with zero attached hydrogens (tertiary/aromatic N) is 2. The van der Waals surface area contributed by atoms with Gasteiger partial charge in [-0.2, -0.15) is 0 Å². The standard InChI is InChI=1S/C10H16N2O/c1-4-5-6-12-9(3)8(2)11-10(12)7-13/h13H,2-7H2,1H3. The number of aromatic nitrogens is 2. The molecule has 0 saturated heterocycles. The molecule has 0 radical (unpaired) electrons. The van der Waals surface area contributed by atoms with Gasteiger partial charge in [-0.3, -0.25) is 0 Å². The van der Waals surface area contributed by atoms with Gasteiger partial charge >= 0.3 is 0 Å². The maximum absolute atomic E-state index is 9.02. The van der Waals surface area contributed by atoms with Gasteiger partial charge in [0.15, 0.2) is 0 Å². The maximum atomic E-state index is 9.02. The number of aliphatic hydroxyl groups excluding tert-OH is 1. The van der Waals surface area contributed by atoms with E-state index in [9.17, 15) is 0 Å². The van der Waals surface area contributed by atoms with E-state index < -0.39 is 0 Å². The molecule has 1 heterocycles. The van der Waals surface area contributed by atoms with Crippen molar-refractivity contribution in [1.82, 2.24) is 9.55 Å². The molecule has 0 aliphatic carbocycles. The third-order valence-corrected chi connectivity index (χ3v) is 2.11. The van der Waals surface area contributed by atoms with E-state index in [1.807, 2.05) is 4.57 Å². The highest BCUT2D eigenvalue weighted by Crippen LogP contribution is 1.94. The molecule has 0 fully saturated rings. The Labute approximate surface area is 78.0 Å². The fourth-order valence-electron chi connectivity index (χ4n) is 1.29. The quantitative estimate of drug-likeness (QED) is 0.708. The smallest absolute Gasteiger partial charge is 0.135 e. The minimum atomic E-state index is -0.0399. The van der Waals surface area contributed by atoms with Crippen LogP contribution in [0.5, 0.6) is 0 Å². The summed E-state index contributed by atoms with van der Waals surface area (Å²) in [6.45, 7) is 10.6. The average molecular weight is 180 g/mol. The first kappa shape index (κ1) is 9.99. The summed E-state index contributed by atoms with van der Waals surface area (Å²) in [4.78, 5) is 4.12. The van der Waals surface area contributed by atoms with Crippen LogP contribution in [0.3, 0.4) is 0 Å². The molecule has 0 aliphatic rings. The molecule has 72 valence electrons. The zero-order valence-corrected chi connectivity index (χ0v) is 8.08. The Hall–Kier alpha value is -1.09. The molecule has 0 aliphatic heterocycles. The van der Waals surface area contributed by atoms with Crippen LogP contribution in [0.25, 0.3) is 13.2 Å². The van der Waals surface area contributed by atoms with Gasteiger partial charge in [-0.05, 0) is 6.42 Å². The first-order valence-electron chi connectivity index (χ1n) is 4.54. The molecule has 0 atom stereocenters. The lowest BCUT2D eigenvalue weighted by Gasteiger charge is -2.04. The highest BCUT2D eigenvalue weighted by Gasteiger charge is 2.03. The third-order valence-electron chi connectivity index (χ3n) is 2.11. The van der Waals surface area contributed by atoms with Crippen molar-refractivity contribution in [2.24, 2.45) is 0 Å². The Bertz CT molecular complexity index is 367. The fraction of sp³-hybridized carbons (Fsp3) is 0.500. The van der Waals surface area contributed by atoms with Crippen LogP contribution in [0.2, 0.25) is 0 Å². The van der Waals surface area contributed by atoms with Crippen LogP contribution in [0, 0.1) is 0 Å². The van der Waals surface area contributed by atoms with Crippen LogP contribution in [-0.2, 0) is 13.2 Å². The van der Waals surface area contributed by atoms with Gasteiger partial charge in [0.1, 0.15) is 12.4 Å². The summed E-state index contributed by atoms with van der Waals surface area (Å²) in [7, 11) is 0. The predicted octanol–water partition coefficient (Wildman–Crippen LogP) is -0.00390. The van der Waals surface area contributed by atoms with Gasteiger partial charge in [-0.25, -0.2) is 4.98 Å². The van der Waals surface area contributed by atoms with Gasteiger partial charge in [0.25, 0.3) is 0 Å². The van der Waals surface area contributed by atoms with Gasteiger partial charge in [0.2, 0.25) is 0 Å². The van der Waals surface area contributed by atoms with Gasteiger partial charge in [-0.15, -0.1) is 0 Å². The summed E-state index contributed by atoms with van der Waals surface area (Å²) in [5.74, 6) is 0.670. The maximum Gasteiger partial charge on any atom is 0.135 e. The number of aliphatic hydroxyl groups is 1. The zero-order valence-electron chi connectivity index (χ0n) is 8.08. The number of rotatable bonds is 4. The van der Waals surface area contributed by atoms with Crippen molar-refractivity contribution in [3.8, 4) is 0 Å². The Morgan fingerprint density at radius 1 is 1.46 bits per heavy atom. The van der Waals surface area contributed by atoms with Crippen molar-refractivity contribution in [3.63, 3.8) is 0 Å². The molecule has 13 heavy (non-hydrogen) atoms. The van der Waals surface area contributed by atoms with E-state index >= 15 is 0 Å². The molecule has 0 aromatic carbocycles. The fourth-order valence-corrected chi connectivity index (χ4v) is 1.29. The lowest BCUT2D eigenvalue weighted by atomic mass is 10.3. The Morgan fingerprint density at radius 2 is 2.15 bits per heavy atom. The summed E-state index contributed by atoms with van der Waals surface area (Å²) >= 11 is 0. The van der Waals surface area contributed by atoms with Crippen LogP contribution in [0.1, 0.15) is 25.6 Å². The van der Waals surface area contributed by atoms with Gasteiger partial charge < -0.3 is 9.67 Å². The van der Waals surface area contributed by atoms with E-state index in [2.05, 4.69) is 25.1 Å². The van der Waals surface area contributed by atoms with E-state index in [1.165, 1.54) is 0 Å². The molecule has 1 N–H and O–H groups in total. The summed E-state index contributed by atoms with van der Waals surface area (Å²) in [5, 5.41) is 10.5. The molecular formula is C10H16N2O. The minimum Gasteiger partial charge on any atom is -0.388 e. The van der Waals surface area contributed by atoms with Crippen LogP contribution < -0.4 is 10.7 Å². The second-order valence-corrected chi connectivity index (χ2v) is 3.08. The van der Waals surface area contributed by atoms with Gasteiger partial charge in [0, 0.05) is 6.54 Å². The van der Waals surface area contributed by atoms with Crippen molar-refractivity contribution in [2.45, 2.75) is 32.9 Å². The first-order chi connectivity index (χ1) is 6.20. The topological polar surface area (TPSA) is 38.1 Å². The van der Waals surface area contributed by atoms with Gasteiger partial charge in [0.05, 0.1) is 10.7 Å². The Morgan fingerprint density at radius 3 is 2.69 bits per heavy atom. The van der Waals surface area contributed by atoms with E-state index in [-0.39, 0.29) is 6.61 Å². The summed E-state index contributed by atoms with van der Waals surface area (Å²) in [6, 6.07) is 0. The normalized spacial score (nSPS) is 10.6. The molecule has 0 amide bonds. The van der Waals surface area contributed by atoms with Crippen LogP contribution >= 0.6 is 0 Å². The van der Waals surface area contributed by atoms with Crippen LogP contribution in [0.4, 0.5) is 0 Å². The van der Waals surface area contributed by atoms with Crippen LogP contribution in [-0.4, -0.2) is 14.7 Å². The molecule has 0 spiro atoms. The lowest BCUT2D eigenvalue weighted by molar-refractivity contribution is 0.264. The first-order valence-corrected chi connectivity index (χ1v) is 4.54. The van der Waals surface area contributed by atoms with Crippen molar-refractivity contribution in [2.75, 3.05) is 0 Å². The number of hydrogen-bond donors (Lipinski definition) is 1. The molecule has 3 heteroatoms. The van der Waals surface area contributed by atoms with E-state index in [4.69, 9.17) is 5.11 Å². The van der Waals surface area contributed by atoms with Gasteiger partial charge in [-0.1, -0.05) is 26.5 Å². The molecule has 1 rings (SSSR count). The van der Waals surface area contributed by atoms with Crippen molar-refractivity contribution >= 4 is 13.2 Å². The average Bonchev–Trinajstić information content (AvgIpc) is 2.40. The van der Waals surface area contributed by atoms with E-state index in [1.54, 1.807) is 0 Å². The summed E-state index contributed by atoms with van der Waals surface area (Å²) < 4.78 is 1.94. The van der Waals surface area contributed by atoms with Crippen molar-refractivity contribution < 1.29 is 5.11 Å². The second-order valence-electron chi connectivity index (χ2n) is 3.08. The Balaban J connectivity index is 3.02. The van der Waals surface area contributed by atoms with E-state index in [0.29, 0.717) is 11.2 Å². The number of imidazole rings is 1. The zero-order chi connectivity index (χ0) is 9.84. The monoisotopic (exact) mass is 180 g/mol. The minimum absolute atomic E-state index is 0.0399. The molecule has 1 aromatic rings. The molecule has 0 unspecified atom stereocenters. The number of hydrogen-bond acceptors (Lipinski definition) is 2. The summed E-state index contributed by atoms with van der Waals surface area (Å²) in [5.41, 5.74) is 0. The van der Waals surface area contributed by atoms with Crippen molar-refractivity contribution in [3.05, 3.63) is 16.5 Å². The van der Waals surface area contributed by atoms with E-state index in [0.717, 1.165) is 24.7 Å². The summed E-state index contributed by atoms with van der Waals surface area (Å²) in [6.07, 6.45) is 2.19. The lowest BCUT2D eigenvalue weighted by Crippen LogP contribution is -2.27. The largest absolute Gasteiger partial charge is 0.388 e. The molecule has 1 aromatic heterocycles. The highest BCUT2D eigenvalue weighted by molar-refractivity contribution is 5.08.